The minimum Gasteiger partial charge on any atom is -0.497 e. The number of hydrogen-bond acceptors (Lipinski definition) is 6. The third kappa shape index (κ3) is 5.31. The summed E-state index contributed by atoms with van der Waals surface area (Å²) in [6.45, 7) is 0.993. The SMILES string of the molecule is CNCCNC(=O)COc1ccc(OC)cc1C(=O)OC. The Kier molecular flexibility index (Phi) is 7.03. The number of esters is 1. The molecule has 0 spiro atoms. The average Bonchev–Trinajstić information content (AvgIpc) is 2.52. The third-order valence-corrected chi connectivity index (χ3v) is 2.65. The fraction of sp³-hybridized carbons (Fsp3) is 0.429. The molecule has 0 heterocycles. The average molecular weight is 296 g/mol. The van der Waals surface area contributed by atoms with Crippen molar-refractivity contribution in [3.8, 4) is 11.5 Å². The maximum atomic E-state index is 11.7. The van der Waals surface area contributed by atoms with Crippen molar-refractivity contribution >= 4 is 11.9 Å². The molecule has 0 radical (unpaired) electrons. The number of rotatable bonds is 8. The van der Waals surface area contributed by atoms with Crippen LogP contribution in [0.15, 0.2) is 18.2 Å². The summed E-state index contributed by atoms with van der Waals surface area (Å²) < 4.78 is 15.1. The van der Waals surface area contributed by atoms with Gasteiger partial charge in [-0.2, -0.15) is 0 Å². The quantitative estimate of drug-likeness (QED) is 0.526. The number of carbonyl (C=O) groups is 2. The Hall–Kier alpha value is -2.28. The minimum atomic E-state index is -0.556. The van der Waals surface area contributed by atoms with Crippen molar-refractivity contribution in [2.75, 3.05) is 41.0 Å². The molecular formula is C14H20N2O5. The second kappa shape index (κ2) is 8.80. The van der Waals surface area contributed by atoms with Crippen LogP contribution in [0.5, 0.6) is 11.5 Å². The van der Waals surface area contributed by atoms with E-state index in [-0.39, 0.29) is 23.8 Å². The Balaban J connectivity index is 2.69. The van der Waals surface area contributed by atoms with Crippen molar-refractivity contribution in [3.63, 3.8) is 0 Å². The fourth-order valence-electron chi connectivity index (χ4n) is 1.55. The van der Waals surface area contributed by atoms with Gasteiger partial charge in [-0.3, -0.25) is 4.79 Å². The lowest BCUT2D eigenvalue weighted by molar-refractivity contribution is -0.123. The van der Waals surface area contributed by atoms with Gasteiger partial charge in [0.05, 0.1) is 14.2 Å². The standard InChI is InChI=1S/C14H20N2O5/c1-15-6-7-16-13(17)9-21-12-5-4-10(19-2)8-11(12)14(18)20-3/h4-5,8,15H,6-7,9H2,1-3H3,(H,16,17). The molecule has 0 aliphatic carbocycles. The number of likely N-dealkylation sites (N-methyl/N-ethyl adjacent to an activating group) is 1. The second-order valence-electron chi connectivity index (χ2n) is 4.10. The number of amides is 1. The van der Waals surface area contributed by atoms with Gasteiger partial charge in [-0.1, -0.05) is 0 Å². The molecule has 1 rings (SSSR count). The normalized spacial score (nSPS) is 9.86. The van der Waals surface area contributed by atoms with Crippen molar-refractivity contribution in [1.82, 2.24) is 10.6 Å². The molecule has 0 saturated heterocycles. The molecule has 0 aliphatic rings. The molecule has 116 valence electrons. The Bertz CT molecular complexity index is 490. The summed E-state index contributed by atoms with van der Waals surface area (Å²) in [6, 6.07) is 4.70. The Morgan fingerprint density at radius 1 is 1.19 bits per heavy atom. The van der Waals surface area contributed by atoms with E-state index in [1.54, 1.807) is 19.2 Å². The van der Waals surface area contributed by atoms with Gasteiger partial charge in [0, 0.05) is 13.1 Å². The van der Waals surface area contributed by atoms with Gasteiger partial charge in [-0.15, -0.1) is 0 Å². The topological polar surface area (TPSA) is 85.9 Å². The fourth-order valence-corrected chi connectivity index (χ4v) is 1.55. The van der Waals surface area contributed by atoms with Crippen LogP contribution in [0.4, 0.5) is 0 Å². The molecule has 0 bridgehead atoms. The van der Waals surface area contributed by atoms with Crippen LogP contribution in [0.2, 0.25) is 0 Å². The number of carbonyl (C=O) groups excluding carboxylic acids is 2. The van der Waals surface area contributed by atoms with E-state index >= 15 is 0 Å². The molecule has 0 atom stereocenters. The zero-order chi connectivity index (χ0) is 15.7. The lowest BCUT2D eigenvalue weighted by Crippen LogP contribution is -2.34. The van der Waals surface area contributed by atoms with Crippen LogP contribution in [0.3, 0.4) is 0 Å². The number of hydrogen-bond donors (Lipinski definition) is 2. The zero-order valence-corrected chi connectivity index (χ0v) is 12.4. The molecule has 1 amide bonds. The van der Waals surface area contributed by atoms with Crippen LogP contribution < -0.4 is 20.1 Å². The predicted molar refractivity (Wildman–Crippen MR) is 76.8 cm³/mol. The summed E-state index contributed by atoms with van der Waals surface area (Å²) in [5.41, 5.74) is 0.208. The number of nitrogens with one attached hydrogen (secondary N) is 2. The first-order chi connectivity index (χ1) is 10.1. The Morgan fingerprint density at radius 3 is 2.57 bits per heavy atom. The number of benzene rings is 1. The van der Waals surface area contributed by atoms with E-state index < -0.39 is 5.97 Å². The van der Waals surface area contributed by atoms with E-state index in [9.17, 15) is 9.59 Å². The van der Waals surface area contributed by atoms with Gasteiger partial charge in [-0.05, 0) is 25.2 Å². The van der Waals surface area contributed by atoms with Crippen LogP contribution in [0.1, 0.15) is 10.4 Å². The summed E-state index contributed by atoms with van der Waals surface area (Å²) >= 11 is 0. The van der Waals surface area contributed by atoms with Gasteiger partial charge < -0.3 is 24.8 Å². The maximum absolute atomic E-state index is 11.7. The molecular weight excluding hydrogens is 276 g/mol. The van der Waals surface area contributed by atoms with Crippen LogP contribution in [0, 0.1) is 0 Å². The lowest BCUT2D eigenvalue weighted by Gasteiger charge is -2.11. The minimum absolute atomic E-state index is 0.181. The van der Waals surface area contributed by atoms with Gasteiger partial charge in [0.2, 0.25) is 0 Å². The third-order valence-electron chi connectivity index (χ3n) is 2.65. The highest BCUT2D eigenvalue weighted by Crippen LogP contribution is 2.24. The van der Waals surface area contributed by atoms with Crippen molar-refractivity contribution < 1.29 is 23.8 Å². The summed E-state index contributed by atoms with van der Waals surface area (Å²) in [5, 5.41) is 5.58. The second-order valence-corrected chi connectivity index (χ2v) is 4.10. The first-order valence-electron chi connectivity index (χ1n) is 6.42. The maximum Gasteiger partial charge on any atom is 0.341 e. The highest BCUT2D eigenvalue weighted by Gasteiger charge is 2.15. The summed E-state index contributed by atoms with van der Waals surface area (Å²) in [5.74, 6) is -0.0518. The van der Waals surface area contributed by atoms with Crippen LogP contribution >= 0.6 is 0 Å². The van der Waals surface area contributed by atoms with Crippen LogP contribution in [-0.4, -0.2) is 52.8 Å². The molecule has 1 aromatic carbocycles. The van der Waals surface area contributed by atoms with E-state index in [1.807, 2.05) is 0 Å². The Morgan fingerprint density at radius 2 is 1.95 bits per heavy atom. The molecule has 0 aliphatic heterocycles. The van der Waals surface area contributed by atoms with E-state index in [1.165, 1.54) is 20.3 Å². The number of ether oxygens (including phenoxy) is 3. The van der Waals surface area contributed by atoms with Crippen molar-refractivity contribution in [1.29, 1.82) is 0 Å². The molecule has 1 aromatic rings. The molecule has 7 nitrogen and oxygen atoms in total. The van der Waals surface area contributed by atoms with Gasteiger partial charge >= 0.3 is 5.97 Å². The first kappa shape index (κ1) is 16.8. The van der Waals surface area contributed by atoms with E-state index in [2.05, 4.69) is 15.4 Å². The number of methoxy groups -OCH3 is 2. The molecule has 21 heavy (non-hydrogen) atoms. The summed E-state index contributed by atoms with van der Waals surface area (Å²) in [6.07, 6.45) is 0. The van der Waals surface area contributed by atoms with Crippen LogP contribution in [0.25, 0.3) is 0 Å². The highest BCUT2D eigenvalue weighted by molar-refractivity contribution is 5.93. The molecule has 7 heteroatoms. The van der Waals surface area contributed by atoms with E-state index in [4.69, 9.17) is 9.47 Å². The van der Waals surface area contributed by atoms with Crippen molar-refractivity contribution in [2.45, 2.75) is 0 Å². The summed E-state index contributed by atoms with van der Waals surface area (Å²) in [7, 11) is 4.56. The van der Waals surface area contributed by atoms with E-state index in [0.717, 1.165) is 0 Å². The predicted octanol–water partition coefficient (Wildman–Crippen LogP) is 0.196. The molecule has 2 N–H and O–H groups in total. The van der Waals surface area contributed by atoms with Gasteiger partial charge in [0.1, 0.15) is 17.1 Å². The monoisotopic (exact) mass is 296 g/mol. The summed E-state index contributed by atoms with van der Waals surface area (Å²) in [4.78, 5) is 23.3. The highest BCUT2D eigenvalue weighted by atomic mass is 16.5. The molecule has 0 fully saturated rings. The van der Waals surface area contributed by atoms with Crippen LogP contribution in [-0.2, 0) is 9.53 Å². The largest absolute Gasteiger partial charge is 0.497 e. The zero-order valence-electron chi connectivity index (χ0n) is 12.4. The molecule has 0 saturated carbocycles. The lowest BCUT2D eigenvalue weighted by atomic mass is 10.2. The first-order valence-corrected chi connectivity index (χ1v) is 6.42. The van der Waals surface area contributed by atoms with Gasteiger partial charge in [0.25, 0.3) is 5.91 Å². The van der Waals surface area contributed by atoms with Gasteiger partial charge in [0.15, 0.2) is 6.61 Å². The Labute approximate surface area is 123 Å². The smallest absolute Gasteiger partial charge is 0.341 e. The molecule has 0 unspecified atom stereocenters. The van der Waals surface area contributed by atoms with Crippen molar-refractivity contribution in [2.24, 2.45) is 0 Å². The van der Waals surface area contributed by atoms with Crippen molar-refractivity contribution in [3.05, 3.63) is 23.8 Å². The van der Waals surface area contributed by atoms with Gasteiger partial charge in [-0.25, -0.2) is 4.79 Å². The molecule has 0 aromatic heterocycles. The van der Waals surface area contributed by atoms with E-state index in [0.29, 0.717) is 18.8 Å².